The van der Waals surface area contributed by atoms with E-state index in [1.54, 1.807) is 0 Å². The van der Waals surface area contributed by atoms with Crippen molar-refractivity contribution in [2.24, 2.45) is 0 Å². The van der Waals surface area contributed by atoms with Crippen molar-refractivity contribution in [2.45, 2.75) is 0 Å². The van der Waals surface area contributed by atoms with Crippen molar-refractivity contribution in [1.82, 2.24) is 0 Å². The lowest BCUT2D eigenvalue weighted by Gasteiger charge is -2.04. The lowest BCUT2D eigenvalue weighted by molar-refractivity contribution is -0.246. The third-order valence-electron chi connectivity index (χ3n) is 2.05. The summed E-state index contributed by atoms with van der Waals surface area (Å²) in [4.78, 5) is 31.8. The topological polar surface area (TPSA) is 71.1 Å². The van der Waals surface area contributed by atoms with Crippen LogP contribution in [0.1, 0.15) is 20.7 Å². The first-order valence-corrected chi connectivity index (χ1v) is 5.20. The van der Waals surface area contributed by atoms with Gasteiger partial charge < -0.3 is 9.47 Å². The molecule has 6 nitrogen and oxygen atoms in total. The molecule has 1 aromatic rings. The third-order valence-corrected chi connectivity index (χ3v) is 2.05. The molecule has 0 aliphatic rings. The summed E-state index contributed by atoms with van der Waals surface area (Å²) in [7, 11) is 2.80. The van der Waals surface area contributed by atoms with E-state index in [1.807, 2.05) is 0 Å². The average Bonchev–Trinajstić information content (AvgIpc) is 2.42. The Bertz CT molecular complexity index is 398. The highest BCUT2D eigenvalue weighted by atomic mass is 17.2. The predicted octanol–water partition coefficient (Wildman–Crippen LogP) is 1.21. The molecule has 0 atom stereocenters. The maximum atomic E-state index is 11.5. The van der Waals surface area contributed by atoms with Gasteiger partial charge in [0.25, 0.3) is 0 Å². The second-order valence-corrected chi connectivity index (χ2v) is 3.25. The molecule has 0 bridgehead atoms. The van der Waals surface area contributed by atoms with Gasteiger partial charge in [-0.1, -0.05) is 0 Å². The molecule has 1 aromatic carbocycles. The van der Waals surface area contributed by atoms with Crippen LogP contribution in [0, 0.1) is 0 Å². The smallest absolute Gasteiger partial charge is 0.373 e. The molecular weight excluding hydrogens is 240 g/mol. The summed E-state index contributed by atoms with van der Waals surface area (Å²) in [6.45, 7) is 0.483. The van der Waals surface area contributed by atoms with E-state index in [1.165, 1.54) is 38.5 Å². The number of hydrogen-bond acceptors (Lipinski definition) is 6. The molecule has 1 rings (SSSR count). The SMILES string of the molecule is COCCOOC(=O)c1ccc(C(=O)OC)cc1. The number of methoxy groups -OCH3 is 2. The van der Waals surface area contributed by atoms with Crippen molar-refractivity contribution in [1.29, 1.82) is 0 Å². The van der Waals surface area contributed by atoms with Gasteiger partial charge in [-0.2, -0.15) is 4.89 Å². The van der Waals surface area contributed by atoms with Crippen LogP contribution in [-0.4, -0.2) is 39.4 Å². The summed E-state index contributed by atoms with van der Waals surface area (Å²) in [5.74, 6) is -1.10. The minimum Gasteiger partial charge on any atom is -0.465 e. The minimum atomic E-state index is -0.637. The predicted molar refractivity (Wildman–Crippen MR) is 61.0 cm³/mol. The van der Waals surface area contributed by atoms with Crippen molar-refractivity contribution < 1.29 is 28.8 Å². The Morgan fingerprint density at radius 2 is 1.50 bits per heavy atom. The first-order chi connectivity index (χ1) is 8.69. The molecule has 6 heteroatoms. The summed E-state index contributed by atoms with van der Waals surface area (Å²) < 4.78 is 9.25. The maximum Gasteiger partial charge on any atom is 0.373 e. The fraction of sp³-hybridized carbons (Fsp3) is 0.333. The largest absolute Gasteiger partial charge is 0.465 e. The first-order valence-electron chi connectivity index (χ1n) is 5.20. The molecule has 0 N–H and O–H groups in total. The molecule has 0 amide bonds. The first kappa shape index (κ1) is 14.1. The monoisotopic (exact) mass is 254 g/mol. The zero-order chi connectivity index (χ0) is 13.4. The second kappa shape index (κ2) is 7.41. The number of hydrogen-bond donors (Lipinski definition) is 0. The van der Waals surface area contributed by atoms with Crippen LogP contribution in [0.4, 0.5) is 0 Å². The van der Waals surface area contributed by atoms with Gasteiger partial charge in [0.2, 0.25) is 0 Å². The summed E-state index contributed by atoms with van der Waals surface area (Å²) in [6.07, 6.45) is 0. The van der Waals surface area contributed by atoms with Gasteiger partial charge in [-0.05, 0) is 24.3 Å². The lowest BCUT2D eigenvalue weighted by Crippen LogP contribution is -2.10. The van der Waals surface area contributed by atoms with Crippen molar-refractivity contribution in [2.75, 3.05) is 27.4 Å². The molecular formula is C12H14O6. The number of esters is 1. The molecule has 0 heterocycles. The van der Waals surface area contributed by atoms with Gasteiger partial charge in [0.1, 0.15) is 6.61 Å². The van der Waals surface area contributed by atoms with E-state index in [-0.39, 0.29) is 12.2 Å². The Balaban J connectivity index is 2.51. The Labute approximate surface area is 104 Å². The molecule has 0 spiro atoms. The molecule has 0 aliphatic heterocycles. The molecule has 18 heavy (non-hydrogen) atoms. The number of carbonyl (C=O) groups is 2. The van der Waals surface area contributed by atoms with Gasteiger partial charge >= 0.3 is 11.9 Å². The number of rotatable bonds is 6. The molecule has 0 fully saturated rings. The molecule has 0 saturated carbocycles. The Hall–Kier alpha value is -1.92. The standard InChI is InChI=1S/C12H14O6/c1-15-7-8-17-18-12(14)10-5-3-9(4-6-10)11(13)16-2/h3-6H,7-8H2,1-2H3. The zero-order valence-electron chi connectivity index (χ0n) is 10.2. The Morgan fingerprint density at radius 3 is 2.00 bits per heavy atom. The van der Waals surface area contributed by atoms with E-state index in [0.29, 0.717) is 12.2 Å². The second-order valence-electron chi connectivity index (χ2n) is 3.25. The highest BCUT2D eigenvalue weighted by Gasteiger charge is 2.10. The summed E-state index contributed by atoms with van der Waals surface area (Å²) in [5, 5.41) is 0. The van der Waals surface area contributed by atoms with Crippen molar-refractivity contribution in [3.05, 3.63) is 35.4 Å². The van der Waals surface area contributed by atoms with Crippen LogP contribution in [0.5, 0.6) is 0 Å². The minimum absolute atomic E-state index is 0.155. The van der Waals surface area contributed by atoms with E-state index in [0.717, 1.165) is 0 Å². The fourth-order valence-electron chi connectivity index (χ4n) is 1.12. The molecule has 98 valence electrons. The maximum absolute atomic E-state index is 11.5. The van der Waals surface area contributed by atoms with Crippen LogP contribution in [-0.2, 0) is 19.2 Å². The van der Waals surface area contributed by atoms with Gasteiger partial charge in [-0.15, -0.1) is 0 Å². The number of ether oxygens (including phenoxy) is 2. The Morgan fingerprint density at radius 1 is 0.944 bits per heavy atom. The summed E-state index contributed by atoms with van der Waals surface area (Å²) in [5.41, 5.74) is 0.634. The quantitative estimate of drug-likeness (QED) is 0.329. The van der Waals surface area contributed by atoms with Crippen LogP contribution in [0.3, 0.4) is 0 Å². The van der Waals surface area contributed by atoms with Crippen molar-refractivity contribution in [3.63, 3.8) is 0 Å². The van der Waals surface area contributed by atoms with E-state index in [4.69, 9.17) is 4.74 Å². The number of benzene rings is 1. The molecule has 0 saturated heterocycles. The molecule has 0 aliphatic carbocycles. The molecule has 0 aromatic heterocycles. The van der Waals surface area contributed by atoms with Gasteiger partial charge in [0, 0.05) is 7.11 Å². The van der Waals surface area contributed by atoms with Gasteiger partial charge in [-0.3, -0.25) is 4.89 Å². The van der Waals surface area contributed by atoms with Gasteiger partial charge in [0.15, 0.2) is 0 Å². The van der Waals surface area contributed by atoms with E-state index >= 15 is 0 Å². The van der Waals surface area contributed by atoms with Crippen LogP contribution in [0.15, 0.2) is 24.3 Å². The van der Waals surface area contributed by atoms with E-state index in [9.17, 15) is 9.59 Å². The molecule has 0 radical (unpaired) electrons. The van der Waals surface area contributed by atoms with Crippen LogP contribution in [0.25, 0.3) is 0 Å². The highest BCUT2D eigenvalue weighted by molar-refractivity contribution is 5.93. The number of carbonyl (C=O) groups excluding carboxylic acids is 2. The average molecular weight is 254 g/mol. The normalized spacial score (nSPS) is 9.89. The van der Waals surface area contributed by atoms with Crippen LogP contribution in [0.2, 0.25) is 0 Å². The van der Waals surface area contributed by atoms with Gasteiger partial charge in [-0.25, -0.2) is 9.59 Å². The van der Waals surface area contributed by atoms with Crippen molar-refractivity contribution in [3.8, 4) is 0 Å². The Kier molecular flexibility index (Phi) is 5.83. The zero-order valence-corrected chi connectivity index (χ0v) is 10.2. The highest BCUT2D eigenvalue weighted by Crippen LogP contribution is 2.07. The lowest BCUT2D eigenvalue weighted by atomic mass is 10.1. The van der Waals surface area contributed by atoms with E-state index in [2.05, 4.69) is 14.5 Å². The molecule has 0 unspecified atom stereocenters. The summed E-state index contributed by atoms with van der Waals surface area (Å²) >= 11 is 0. The third kappa shape index (κ3) is 4.15. The van der Waals surface area contributed by atoms with Gasteiger partial charge in [0.05, 0.1) is 24.8 Å². The van der Waals surface area contributed by atoms with Crippen LogP contribution < -0.4 is 0 Å². The van der Waals surface area contributed by atoms with Crippen molar-refractivity contribution >= 4 is 11.9 Å². The summed E-state index contributed by atoms with van der Waals surface area (Å²) in [6, 6.07) is 5.84. The van der Waals surface area contributed by atoms with E-state index < -0.39 is 11.9 Å². The fourth-order valence-corrected chi connectivity index (χ4v) is 1.12. The van der Waals surface area contributed by atoms with Crippen LogP contribution >= 0.6 is 0 Å².